The molecule has 1 unspecified atom stereocenters. The zero-order valence-corrected chi connectivity index (χ0v) is 11.1. The average molecular weight is 253 g/mol. The van der Waals surface area contributed by atoms with Crippen LogP contribution >= 0.6 is 0 Å². The number of ether oxygens (including phenoxy) is 1. The van der Waals surface area contributed by atoms with E-state index in [2.05, 4.69) is 5.32 Å². The van der Waals surface area contributed by atoms with E-state index in [4.69, 9.17) is 4.74 Å². The summed E-state index contributed by atoms with van der Waals surface area (Å²) in [5.41, 5.74) is 1.18. The average Bonchev–Trinajstić information content (AvgIpc) is 2.36. The molecule has 0 fully saturated rings. The second kappa shape index (κ2) is 6.20. The van der Waals surface area contributed by atoms with Crippen molar-refractivity contribution in [3.63, 3.8) is 0 Å². The summed E-state index contributed by atoms with van der Waals surface area (Å²) in [6.45, 7) is 2.47. The second-order valence-electron chi connectivity index (χ2n) is 4.10. The fourth-order valence-corrected chi connectivity index (χ4v) is 1.80. The normalized spacial score (nSPS) is 12.0. The highest BCUT2D eigenvalue weighted by molar-refractivity contribution is 5.76. The van der Waals surface area contributed by atoms with Gasteiger partial charge in [-0.15, -0.1) is 0 Å². The van der Waals surface area contributed by atoms with Gasteiger partial charge in [0.2, 0.25) is 0 Å². The highest BCUT2D eigenvalue weighted by atomic mass is 16.6. The molecule has 0 radical (unpaired) electrons. The van der Waals surface area contributed by atoms with Crippen LogP contribution in [0.1, 0.15) is 6.92 Å². The Morgan fingerprint density at radius 2 is 2.22 bits per heavy atom. The van der Waals surface area contributed by atoms with E-state index in [-0.39, 0.29) is 16.7 Å². The molecular formula is C12H19N3O3. The molecule has 0 heterocycles. The minimum atomic E-state index is -0.364. The number of likely N-dealkylation sites (N-methyl/N-ethyl adjacent to an activating group) is 1. The molecule has 0 aliphatic rings. The van der Waals surface area contributed by atoms with Crippen LogP contribution in [0.2, 0.25) is 0 Å². The molecule has 1 N–H and O–H groups in total. The Morgan fingerprint density at radius 1 is 1.56 bits per heavy atom. The predicted octanol–water partition coefficient (Wildman–Crippen LogP) is 2.11. The molecule has 0 saturated carbocycles. The summed E-state index contributed by atoms with van der Waals surface area (Å²) in [6, 6.07) is 5.28. The minimum Gasteiger partial charge on any atom is -0.383 e. The van der Waals surface area contributed by atoms with Gasteiger partial charge in [0.05, 0.1) is 11.5 Å². The maximum atomic E-state index is 11.2. The van der Waals surface area contributed by atoms with E-state index in [0.717, 1.165) is 0 Å². The molecule has 0 saturated heterocycles. The van der Waals surface area contributed by atoms with Crippen LogP contribution in [0.15, 0.2) is 18.2 Å². The summed E-state index contributed by atoms with van der Waals surface area (Å²) in [7, 11) is 5.11. The van der Waals surface area contributed by atoms with Crippen LogP contribution in [0, 0.1) is 10.1 Å². The smallest absolute Gasteiger partial charge is 0.315 e. The molecule has 0 aliphatic carbocycles. The summed E-state index contributed by atoms with van der Waals surface area (Å²) >= 11 is 0. The number of rotatable bonds is 6. The minimum absolute atomic E-state index is 0.0563. The highest BCUT2D eigenvalue weighted by Crippen LogP contribution is 2.35. The number of anilines is 2. The molecule has 6 heteroatoms. The summed E-state index contributed by atoms with van der Waals surface area (Å²) in [4.78, 5) is 12.7. The molecule has 1 aromatic rings. The van der Waals surface area contributed by atoms with Crippen molar-refractivity contribution in [3.05, 3.63) is 28.3 Å². The number of nitro benzene ring substituents is 1. The van der Waals surface area contributed by atoms with Crippen molar-refractivity contribution >= 4 is 17.1 Å². The van der Waals surface area contributed by atoms with E-state index in [1.165, 1.54) is 0 Å². The third-order valence-corrected chi connectivity index (χ3v) is 2.92. The molecule has 1 atom stereocenters. The number of methoxy groups -OCH3 is 1. The highest BCUT2D eigenvalue weighted by Gasteiger charge is 2.23. The number of para-hydroxylation sites is 1. The van der Waals surface area contributed by atoms with Gasteiger partial charge >= 0.3 is 5.69 Å². The van der Waals surface area contributed by atoms with Gasteiger partial charge in [0.15, 0.2) is 0 Å². The fraction of sp³-hybridized carbons (Fsp3) is 0.500. The third kappa shape index (κ3) is 2.89. The molecular weight excluding hydrogens is 234 g/mol. The van der Waals surface area contributed by atoms with Gasteiger partial charge in [-0.05, 0) is 19.1 Å². The second-order valence-corrected chi connectivity index (χ2v) is 4.10. The Hall–Kier alpha value is -1.82. The number of benzene rings is 1. The Morgan fingerprint density at radius 3 is 2.72 bits per heavy atom. The maximum absolute atomic E-state index is 11.2. The van der Waals surface area contributed by atoms with Gasteiger partial charge in [-0.25, -0.2) is 0 Å². The molecule has 0 amide bonds. The number of nitrogens with zero attached hydrogens (tertiary/aromatic N) is 2. The summed E-state index contributed by atoms with van der Waals surface area (Å²) < 4.78 is 5.08. The van der Waals surface area contributed by atoms with E-state index in [1.54, 1.807) is 32.4 Å². The summed E-state index contributed by atoms with van der Waals surface area (Å²) in [5.74, 6) is 0. The van der Waals surface area contributed by atoms with Crippen LogP contribution in [0.25, 0.3) is 0 Å². The lowest BCUT2D eigenvalue weighted by Crippen LogP contribution is -2.33. The number of hydrogen-bond acceptors (Lipinski definition) is 5. The molecule has 0 spiro atoms. The van der Waals surface area contributed by atoms with Gasteiger partial charge in [-0.1, -0.05) is 6.07 Å². The zero-order chi connectivity index (χ0) is 13.7. The molecule has 0 bridgehead atoms. The summed E-state index contributed by atoms with van der Waals surface area (Å²) in [6.07, 6.45) is 0. The summed E-state index contributed by atoms with van der Waals surface area (Å²) in [5, 5.41) is 14.0. The van der Waals surface area contributed by atoms with Crippen LogP contribution in [-0.4, -0.2) is 38.8 Å². The maximum Gasteiger partial charge on any atom is 0.315 e. The van der Waals surface area contributed by atoms with E-state index in [1.807, 2.05) is 18.9 Å². The zero-order valence-electron chi connectivity index (χ0n) is 11.1. The van der Waals surface area contributed by atoms with Crippen molar-refractivity contribution in [1.29, 1.82) is 0 Å². The van der Waals surface area contributed by atoms with Gasteiger partial charge < -0.3 is 15.0 Å². The van der Waals surface area contributed by atoms with Crippen molar-refractivity contribution < 1.29 is 9.66 Å². The topological polar surface area (TPSA) is 67.6 Å². The Labute approximate surface area is 107 Å². The fourth-order valence-electron chi connectivity index (χ4n) is 1.80. The monoisotopic (exact) mass is 253 g/mol. The Bertz CT molecular complexity index is 423. The standard InChI is InChI=1S/C12H19N3O3/c1-9(8-18-4)14(3)11-7-5-6-10(13-2)12(11)15(16)17/h5-7,9,13H,8H2,1-4H3. The van der Waals surface area contributed by atoms with Crippen LogP contribution in [0.3, 0.4) is 0 Å². The third-order valence-electron chi connectivity index (χ3n) is 2.92. The Kier molecular flexibility index (Phi) is 4.91. The van der Waals surface area contributed by atoms with E-state index in [9.17, 15) is 10.1 Å². The lowest BCUT2D eigenvalue weighted by molar-refractivity contribution is -0.383. The number of hydrogen-bond donors (Lipinski definition) is 1. The lowest BCUT2D eigenvalue weighted by atomic mass is 10.2. The molecule has 6 nitrogen and oxygen atoms in total. The van der Waals surface area contributed by atoms with Crippen molar-refractivity contribution in [1.82, 2.24) is 0 Å². The molecule has 18 heavy (non-hydrogen) atoms. The van der Waals surface area contributed by atoms with E-state index >= 15 is 0 Å². The van der Waals surface area contributed by atoms with Gasteiger partial charge in [-0.3, -0.25) is 10.1 Å². The van der Waals surface area contributed by atoms with Crippen molar-refractivity contribution in [2.75, 3.05) is 38.0 Å². The first-order valence-electron chi connectivity index (χ1n) is 5.69. The van der Waals surface area contributed by atoms with Crippen molar-refractivity contribution in [3.8, 4) is 0 Å². The Balaban J connectivity index is 3.19. The molecule has 1 aromatic carbocycles. The van der Waals surface area contributed by atoms with E-state index < -0.39 is 0 Å². The number of nitro groups is 1. The quantitative estimate of drug-likeness (QED) is 0.621. The molecule has 0 aliphatic heterocycles. The first kappa shape index (κ1) is 14.2. The van der Waals surface area contributed by atoms with Crippen LogP contribution < -0.4 is 10.2 Å². The predicted molar refractivity (Wildman–Crippen MR) is 72.4 cm³/mol. The molecule has 100 valence electrons. The van der Waals surface area contributed by atoms with Crippen LogP contribution in [0.4, 0.5) is 17.1 Å². The molecule has 0 aromatic heterocycles. The SMILES string of the molecule is CNc1cccc(N(C)C(C)COC)c1[N+](=O)[O-]. The van der Waals surface area contributed by atoms with Crippen LogP contribution in [-0.2, 0) is 4.74 Å². The van der Waals surface area contributed by atoms with Gasteiger partial charge in [0, 0.05) is 27.2 Å². The van der Waals surface area contributed by atoms with Crippen molar-refractivity contribution in [2.45, 2.75) is 13.0 Å². The van der Waals surface area contributed by atoms with E-state index in [0.29, 0.717) is 18.0 Å². The first-order chi connectivity index (χ1) is 8.52. The molecule has 1 rings (SSSR count). The van der Waals surface area contributed by atoms with Gasteiger partial charge in [0.1, 0.15) is 11.4 Å². The van der Waals surface area contributed by atoms with Gasteiger partial charge in [0.25, 0.3) is 0 Å². The number of nitrogens with one attached hydrogen (secondary N) is 1. The van der Waals surface area contributed by atoms with Crippen molar-refractivity contribution in [2.24, 2.45) is 0 Å². The van der Waals surface area contributed by atoms with Gasteiger partial charge in [-0.2, -0.15) is 0 Å². The lowest BCUT2D eigenvalue weighted by Gasteiger charge is -2.26. The van der Waals surface area contributed by atoms with Crippen LogP contribution in [0.5, 0.6) is 0 Å². The first-order valence-corrected chi connectivity index (χ1v) is 5.69. The largest absolute Gasteiger partial charge is 0.383 e.